The molecule has 0 saturated heterocycles. The first-order chi connectivity index (χ1) is 7.85. The Labute approximate surface area is 111 Å². The van der Waals surface area contributed by atoms with Gasteiger partial charge in [0, 0.05) is 13.1 Å². The van der Waals surface area contributed by atoms with Crippen molar-refractivity contribution >= 4 is 34.1 Å². The maximum atomic E-state index is 10.2. The largest absolute Gasteiger partial charge is 0.387 e. The first kappa shape index (κ1) is 14.6. The fraction of sp³-hybridized carbons (Fsp3) is 0.700. The van der Waals surface area contributed by atoms with E-state index in [1.54, 1.807) is 11.8 Å². The molecule has 5 nitrogen and oxygen atoms in total. The van der Waals surface area contributed by atoms with E-state index in [1.165, 1.54) is 11.5 Å². The van der Waals surface area contributed by atoms with Gasteiger partial charge < -0.3 is 21.1 Å². The number of likely N-dealkylation sites (N-methyl/N-ethyl adjacent to an activating group) is 1. The zero-order valence-electron chi connectivity index (χ0n) is 10.6. The van der Waals surface area contributed by atoms with Crippen molar-refractivity contribution in [1.82, 2.24) is 9.27 Å². The summed E-state index contributed by atoms with van der Waals surface area (Å²) in [4.78, 5) is 2.91. The lowest BCUT2D eigenvalue weighted by molar-refractivity contribution is 0.0460. The number of nitrogens with zero attached hydrogens (tertiary/aromatic N) is 2. The molecule has 17 heavy (non-hydrogen) atoms. The van der Waals surface area contributed by atoms with Gasteiger partial charge in [0.1, 0.15) is 5.00 Å². The molecule has 7 heteroatoms. The number of nitrogens with two attached hydrogens (primary N) is 1. The maximum Gasteiger partial charge on any atom is 0.153 e. The molecule has 1 aromatic heterocycles. The van der Waals surface area contributed by atoms with Crippen LogP contribution in [0.5, 0.6) is 0 Å². The molecule has 0 aromatic carbocycles. The summed E-state index contributed by atoms with van der Waals surface area (Å²) in [6, 6.07) is 0. The van der Waals surface area contributed by atoms with Crippen LogP contribution < -0.4 is 11.1 Å². The third-order valence-electron chi connectivity index (χ3n) is 2.16. The van der Waals surface area contributed by atoms with Gasteiger partial charge in [0.15, 0.2) is 5.82 Å². The molecule has 4 N–H and O–H groups in total. The number of aromatic nitrogens is 1. The molecule has 1 aromatic rings. The highest BCUT2D eigenvalue weighted by molar-refractivity contribution is 7.99. The van der Waals surface area contributed by atoms with Gasteiger partial charge in [0.05, 0.1) is 10.5 Å². The molecule has 1 rings (SSSR count). The van der Waals surface area contributed by atoms with Crippen molar-refractivity contribution in [2.45, 2.75) is 17.4 Å². The fourth-order valence-corrected chi connectivity index (χ4v) is 3.15. The number of hydrogen-bond donors (Lipinski definition) is 3. The summed E-state index contributed by atoms with van der Waals surface area (Å²) in [5, 5.41) is 14.3. The standard InChI is InChI=1S/C10H20N4OS2/c1-10(15,6-14(2)3)5-12-9-7(16-4)8(11)13-17-9/h12,15H,5-6H2,1-4H3,(H2,11,13). The summed E-state index contributed by atoms with van der Waals surface area (Å²) < 4.78 is 4.09. The SMILES string of the molecule is CSc1c(N)nsc1NCC(C)(O)CN(C)C. The van der Waals surface area contributed by atoms with Crippen molar-refractivity contribution in [3.63, 3.8) is 0 Å². The van der Waals surface area contributed by atoms with Crippen molar-refractivity contribution in [1.29, 1.82) is 0 Å². The van der Waals surface area contributed by atoms with E-state index in [9.17, 15) is 5.11 Å². The number of aliphatic hydroxyl groups is 1. The van der Waals surface area contributed by atoms with Crippen molar-refractivity contribution < 1.29 is 5.11 Å². The van der Waals surface area contributed by atoms with E-state index in [0.717, 1.165) is 9.90 Å². The minimum absolute atomic E-state index is 0.473. The lowest BCUT2D eigenvalue weighted by atomic mass is 10.1. The van der Waals surface area contributed by atoms with Crippen LogP contribution in [0.4, 0.5) is 10.8 Å². The summed E-state index contributed by atoms with van der Waals surface area (Å²) in [6.07, 6.45) is 1.96. The molecule has 0 fully saturated rings. The van der Waals surface area contributed by atoms with Gasteiger partial charge in [-0.1, -0.05) is 0 Å². The van der Waals surface area contributed by atoms with Crippen LogP contribution in [-0.4, -0.2) is 53.4 Å². The Morgan fingerprint density at radius 3 is 2.76 bits per heavy atom. The molecule has 1 atom stereocenters. The van der Waals surface area contributed by atoms with E-state index < -0.39 is 5.60 Å². The highest BCUT2D eigenvalue weighted by Gasteiger charge is 2.22. The maximum absolute atomic E-state index is 10.2. The van der Waals surface area contributed by atoms with Crippen LogP contribution in [0.1, 0.15) is 6.92 Å². The van der Waals surface area contributed by atoms with E-state index in [4.69, 9.17) is 5.73 Å². The minimum Gasteiger partial charge on any atom is -0.387 e. The summed E-state index contributed by atoms with van der Waals surface area (Å²) >= 11 is 2.89. The van der Waals surface area contributed by atoms with Crippen LogP contribution in [-0.2, 0) is 0 Å². The highest BCUT2D eigenvalue weighted by atomic mass is 32.2. The Hall–Kier alpha value is -0.500. The third-order valence-corrected chi connectivity index (χ3v) is 3.93. The van der Waals surface area contributed by atoms with Crippen LogP contribution in [0.25, 0.3) is 0 Å². The zero-order chi connectivity index (χ0) is 13.1. The quantitative estimate of drug-likeness (QED) is 0.677. The number of anilines is 2. The monoisotopic (exact) mass is 276 g/mol. The summed E-state index contributed by atoms with van der Waals surface area (Å²) in [7, 11) is 3.87. The van der Waals surface area contributed by atoms with Crippen LogP contribution >= 0.6 is 23.3 Å². The molecule has 1 heterocycles. The van der Waals surface area contributed by atoms with Gasteiger partial charge in [-0.25, -0.2) is 0 Å². The minimum atomic E-state index is -0.780. The van der Waals surface area contributed by atoms with Crippen LogP contribution in [0, 0.1) is 0 Å². The lowest BCUT2D eigenvalue weighted by Gasteiger charge is -2.27. The molecule has 0 aliphatic carbocycles. The van der Waals surface area contributed by atoms with E-state index in [-0.39, 0.29) is 0 Å². The van der Waals surface area contributed by atoms with Gasteiger partial charge in [0.25, 0.3) is 0 Å². The van der Waals surface area contributed by atoms with E-state index in [1.807, 2.05) is 32.2 Å². The van der Waals surface area contributed by atoms with Gasteiger partial charge in [-0.15, -0.1) is 11.8 Å². The molecule has 1 unspecified atom stereocenters. The Balaban J connectivity index is 2.60. The Morgan fingerprint density at radius 1 is 1.59 bits per heavy atom. The van der Waals surface area contributed by atoms with Gasteiger partial charge in [-0.05, 0) is 38.8 Å². The summed E-state index contributed by atoms with van der Waals surface area (Å²) in [6.45, 7) is 2.88. The van der Waals surface area contributed by atoms with Gasteiger partial charge in [0.2, 0.25) is 0 Å². The van der Waals surface area contributed by atoms with Gasteiger partial charge >= 0.3 is 0 Å². The predicted molar refractivity (Wildman–Crippen MR) is 76.0 cm³/mol. The molecule has 0 radical (unpaired) electrons. The summed E-state index contributed by atoms with van der Waals surface area (Å²) in [5.74, 6) is 0.553. The molecule has 0 spiro atoms. The van der Waals surface area contributed by atoms with Crippen LogP contribution in [0.15, 0.2) is 4.90 Å². The topological polar surface area (TPSA) is 74.4 Å². The summed E-state index contributed by atoms with van der Waals surface area (Å²) in [5.41, 5.74) is 4.96. The van der Waals surface area contributed by atoms with Crippen LogP contribution in [0.2, 0.25) is 0 Å². The third kappa shape index (κ3) is 4.34. The van der Waals surface area contributed by atoms with Crippen LogP contribution in [0.3, 0.4) is 0 Å². The first-order valence-corrected chi connectivity index (χ1v) is 7.25. The molecule has 0 amide bonds. The van der Waals surface area contributed by atoms with Crippen molar-refractivity contribution in [2.75, 3.05) is 44.5 Å². The average Bonchev–Trinajstić information content (AvgIpc) is 2.54. The number of nitrogens with one attached hydrogen (secondary N) is 1. The highest BCUT2D eigenvalue weighted by Crippen LogP contribution is 2.34. The second-order valence-corrected chi connectivity index (χ2v) is 6.11. The lowest BCUT2D eigenvalue weighted by Crippen LogP contribution is -2.42. The number of hydrogen-bond acceptors (Lipinski definition) is 7. The second-order valence-electron chi connectivity index (χ2n) is 4.52. The van der Waals surface area contributed by atoms with E-state index in [0.29, 0.717) is 18.9 Å². The molecule has 0 bridgehead atoms. The van der Waals surface area contributed by atoms with E-state index >= 15 is 0 Å². The molecule has 0 aliphatic rings. The molecule has 0 saturated carbocycles. The smallest absolute Gasteiger partial charge is 0.153 e. The van der Waals surface area contributed by atoms with Crippen molar-refractivity contribution in [3.05, 3.63) is 0 Å². The molecular weight excluding hydrogens is 256 g/mol. The number of rotatable bonds is 6. The zero-order valence-corrected chi connectivity index (χ0v) is 12.3. The molecular formula is C10H20N4OS2. The number of thioether (sulfide) groups is 1. The van der Waals surface area contributed by atoms with Gasteiger partial charge in [-0.3, -0.25) is 0 Å². The van der Waals surface area contributed by atoms with Crippen molar-refractivity contribution in [3.8, 4) is 0 Å². The Morgan fingerprint density at radius 2 is 2.24 bits per heavy atom. The Kier molecular flexibility index (Phi) is 5.05. The predicted octanol–water partition coefficient (Wildman–Crippen LogP) is 1.17. The van der Waals surface area contributed by atoms with Crippen molar-refractivity contribution in [2.24, 2.45) is 0 Å². The van der Waals surface area contributed by atoms with E-state index in [2.05, 4.69) is 9.69 Å². The average molecular weight is 276 g/mol. The Bertz CT molecular complexity index is 365. The van der Waals surface area contributed by atoms with Gasteiger partial charge in [-0.2, -0.15) is 4.37 Å². The molecule has 98 valence electrons. The normalized spacial score (nSPS) is 14.9. The number of nitrogen functional groups attached to an aromatic ring is 1. The fourth-order valence-electron chi connectivity index (χ4n) is 1.61. The molecule has 0 aliphatic heterocycles. The second kappa shape index (κ2) is 5.90. The first-order valence-electron chi connectivity index (χ1n) is 5.26.